The van der Waals surface area contributed by atoms with E-state index < -0.39 is 5.97 Å². The van der Waals surface area contributed by atoms with E-state index in [1.54, 1.807) is 6.08 Å². The SMILES string of the molecule is O=C(O)/C=C/CNCCc1ccccc1. The normalized spacial score (nSPS) is 10.7. The van der Waals surface area contributed by atoms with Gasteiger partial charge in [0.2, 0.25) is 0 Å². The van der Waals surface area contributed by atoms with E-state index in [1.165, 1.54) is 5.56 Å². The third-order valence-corrected chi connectivity index (χ3v) is 1.96. The molecule has 80 valence electrons. The van der Waals surface area contributed by atoms with Gasteiger partial charge in [-0.3, -0.25) is 0 Å². The molecule has 0 amide bonds. The summed E-state index contributed by atoms with van der Waals surface area (Å²) in [7, 11) is 0. The van der Waals surface area contributed by atoms with Crippen molar-refractivity contribution in [3.05, 3.63) is 48.0 Å². The quantitative estimate of drug-likeness (QED) is 0.546. The van der Waals surface area contributed by atoms with Crippen LogP contribution in [0.15, 0.2) is 42.5 Å². The summed E-state index contributed by atoms with van der Waals surface area (Å²) >= 11 is 0. The number of nitrogens with one attached hydrogen (secondary N) is 1. The average molecular weight is 205 g/mol. The molecule has 0 aliphatic carbocycles. The van der Waals surface area contributed by atoms with Crippen molar-refractivity contribution in [3.8, 4) is 0 Å². The minimum Gasteiger partial charge on any atom is -0.478 e. The number of aliphatic carboxylic acids is 1. The summed E-state index contributed by atoms with van der Waals surface area (Å²) in [6.45, 7) is 1.45. The Bertz CT molecular complexity index is 320. The Balaban J connectivity index is 2.10. The maximum Gasteiger partial charge on any atom is 0.328 e. The number of rotatable bonds is 6. The van der Waals surface area contributed by atoms with Crippen LogP contribution in [-0.2, 0) is 11.2 Å². The summed E-state index contributed by atoms with van der Waals surface area (Å²) in [6.07, 6.45) is 3.71. The molecule has 3 heteroatoms. The zero-order chi connectivity index (χ0) is 10.9. The minimum atomic E-state index is -0.903. The minimum absolute atomic E-state index is 0.596. The maximum atomic E-state index is 10.1. The number of hydrogen-bond donors (Lipinski definition) is 2. The van der Waals surface area contributed by atoms with E-state index in [0.717, 1.165) is 19.0 Å². The summed E-state index contributed by atoms with van der Waals surface area (Å²) < 4.78 is 0. The molecule has 0 bridgehead atoms. The van der Waals surface area contributed by atoms with Crippen molar-refractivity contribution < 1.29 is 9.90 Å². The summed E-state index contributed by atoms with van der Waals surface area (Å²) in [5.41, 5.74) is 1.28. The lowest BCUT2D eigenvalue weighted by molar-refractivity contribution is -0.131. The van der Waals surface area contributed by atoms with Crippen molar-refractivity contribution in [2.45, 2.75) is 6.42 Å². The molecular formula is C12H15NO2. The van der Waals surface area contributed by atoms with E-state index in [0.29, 0.717) is 6.54 Å². The fourth-order valence-corrected chi connectivity index (χ4v) is 1.22. The molecule has 3 nitrogen and oxygen atoms in total. The standard InChI is InChI=1S/C12H15NO2/c14-12(15)7-4-9-13-10-8-11-5-2-1-3-6-11/h1-7,13H,8-10H2,(H,14,15)/b7-4+. The molecule has 0 atom stereocenters. The van der Waals surface area contributed by atoms with Crippen LogP contribution in [0.1, 0.15) is 5.56 Å². The number of carboxylic acid groups (broad SMARTS) is 1. The van der Waals surface area contributed by atoms with Gasteiger partial charge < -0.3 is 10.4 Å². The Kier molecular flexibility index (Phi) is 5.19. The molecule has 1 aromatic rings. The Morgan fingerprint density at radius 3 is 2.73 bits per heavy atom. The third kappa shape index (κ3) is 5.65. The van der Waals surface area contributed by atoms with Crippen LogP contribution in [0.2, 0.25) is 0 Å². The van der Waals surface area contributed by atoms with Crippen molar-refractivity contribution in [1.82, 2.24) is 5.32 Å². The fourth-order valence-electron chi connectivity index (χ4n) is 1.22. The average Bonchev–Trinajstić information content (AvgIpc) is 2.24. The van der Waals surface area contributed by atoms with E-state index in [-0.39, 0.29) is 0 Å². The van der Waals surface area contributed by atoms with Gasteiger partial charge in [-0.15, -0.1) is 0 Å². The van der Waals surface area contributed by atoms with Crippen molar-refractivity contribution in [2.24, 2.45) is 0 Å². The molecule has 0 radical (unpaired) electrons. The summed E-state index contributed by atoms with van der Waals surface area (Å²) in [5.74, 6) is -0.903. The molecule has 1 rings (SSSR count). The van der Waals surface area contributed by atoms with E-state index in [9.17, 15) is 4.79 Å². The molecule has 2 N–H and O–H groups in total. The monoisotopic (exact) mass is 205 g/mol. The van der Waals surface area contributed by atoms with Gasteiger partial charge in [-0.05, 0) is 18.5 Å². The first-order chi connectivity index (χ1) is 7.29. The van der Waals surface area contributed by atoms with E-state index in [4.69, 9.17) is 5.11 Å². The van der Waals surface area contributed by atoms with Gasteiger partial charge in [0, 0.05) is 12.6 Å². The molecule has 1 aromatic carbocycles. The van der Waals surface area contributed by atoms with Crippen molar-refractivity contribution in [3.63, 3.8) is 0 Å². The van der Waals surface area contributed by atoms with E-state index >= 15 is 0 Å². The molecular weight excluding hydrogens is 190 g/mol. The van der Waals surface area contributed by atoms with Gasteiger partial charge >= 0.3 is 5.97 Å². The number of hydrogen-bond acceptors (Lipinski definition) is 2. The van der Waals surface area contributed by atoms with Crippen LogP contribution in [0, 0.1) is 0 Å². The molecule has 0 aliphatic heterocycles. The van der Waals surface area contributed by atoms with Crippen LogP contribution in [0.3, 0.4) is 0 Å². The van der Waals surface area contributed by atoms with Crippen LogP contribution < -0.4 is 5.32 Å². The molecule has 0 heterocycles. The van der Waals surface area contributed by atoms with Crippen LogP contribution in [0.25, 0.3) is 0 Å². The number of carbonyl (C=O) groups is 1. The summed E-state index contributed by atoms with van der Waals surface area (Å²) in [5, 5.41) is 11.5. The Morgan fingerprint density at radius 1 is 1.33 bits per heavy atom. The topological polar surface area (TPSA) is 49.3 Å². The Labute approximate surface area is 89.4 Å². The van der Waals surface area contributed by atoms with Gasteiger partial charge in [0.1, 0.15) is 0 Å². The highest BCUT2D eigenvalue weighted by atomic mass is 16.4. The number of benzene rings is 1. The van der Waals surface area contributed by atoms with Crippen LogP contribution in [0.5, 0.6) is 0 Å². The first-order valence-electron chi connectivity index (χ1n) is 4.93. The van der Waals surface area contributed by atoms with Gasteiger partial charge in [-0.1, -0.05) is 36.4 Å². The van der Waals surface area contributed by atoms with Crippen molar-refractivity contribution in [1.29, 1.82) is 0 Å². The smallest absolute Gasteiger partial charge is 0.328 e. The van der Waals surface area contributed by atoms with E-state index in [1.807, 2.05) is 18.2 Å². The molecule has 0 saturated heterocycles. The Hall–Kier alpha value is -1.61. The zero-order valence-corrected chi connectivity index (χ0v) is 8.52. The molecule has 15 heavy (non-hydrogen) atoms. The highest BCUT2D eigenvalue weighted by Gasteiger charge is 1.90. The molecule has 0 aromatic heterocycles. The van der Waals surface area contributed by atoms with Gasteiger partial charge in [0.05, 0.1) is 0 Å². The summed E-state index contributed by atoms with van der Waals surface area (Å²) in [6, 6.07) is 10.2. The highest BCUT2D eigenvalue weighted by Crippen LogP contribution is 1.97. The van der Waals surface area contributed by atoms with E-state index in [2.05, 4.69) is 17.4 Å². The zero-order valence-electron chi connectivity index (χ0n) is 8.52. The molecule has 0 fully saturated rings. The lowest BCUT2D eigenvalue weighted by atomic mass is 10.1. The first-order valence-corrected chi connectivity index (χ1v) is 4.93. The second-order valence-corrected chi connectivity index (χ2v) is 3.18. The highest BCUT2D eigenvalue weighted by molar-refractivity contribution is 5.79. The lowest BCUT2D eigenvalue weighted by Gasteiger charge is -2.01. The van der Waals surface area contributed by atoms with Gasteiger partial charge in [-0.2, -0.15) is 0 Å². The fraction of sp³-hybridized carbons (Fsp3) is 0.250. The first kappa shape index (κ1) is 11.5. The second-order valence-electron chi connectivity index (χ2n) is 3.18. The predicted molar refractivity (Wildman–Crippen MR) is 59.8 cm³/mol. The van der Waals surface area contributed by atoms with Crippen LogP contribution >= 0.6 is 0 Å². The van der Waals surface area contributed by atoms with Gasteiger partial charge in [-0.25, -0.2) is 4.79 Å². The van der Waals surface area contributed by atoms with Gasteiger partial charge in [0.25, 0.3) is 0 Å². The third-order valence-electron chi connectivity index (χ3n) is 1.96. The van der Waals surface area contributed by atoms with Crippen molar-refractivity contribution >= 4 is 5.97 Å². The molecule has 0 spiro atoms. The Morgan fingerprint density at radius 2 is 2.07 bits per heavy atom. The van der Waals surface area contributed by atoms with Gasteiger partial charge in [0.15, 0.2) is 0 Å². The molecule has 0 saturated carbocycles. The predicted octanol–water partition coefficient (Wildman–Crippen LogP) is 1.46. The lowest BCUT2D eigenvalue weighted by Crippen LogP contribution is -2.17. The largest absolute Gasteiger partial charge is 0.478 e. The summed E-state index contributed by atoms with van der Waals surface area (Å²) in [4.78, 5) is 10.1. The molecule has 0 aliphatic rings. The number of carboxylic acids is 1. The van der Waals surface area contributed by atoms with Crippen molar-refractivity contribution in [2.75, 3.05) is 13.1 Å². The van der Waals surface area contributed by atoms with Crippen LogP contribution in [-0.4, -0.2) is 24.2 Å². The maximum absolute atomic E-state index is 10.1. The van der Waals surface area contributed by atoms with Crippen LogP contribution in [0.4, 0.5) is 0 Å². The molecule has 0 unspecified atom stereocenters. The second kappa shape index (κ2) is 6.79.